The number of benzene rings is 2. The number of anilines is 1. The summed E-state index contributed by atoms with van der Waals surface area (Å²) in [6.45, 7) is 1.67. The molecule has 0 aliphatic carbocycles. The van der Waals surface area contributed by atoms with Gasteiger partial charge in [0.15, 0.2) is 0 Å². The number of nitrogens with zero attached hydrogens (tertiary/aromatic N) is 1. The number of nitrogens with one attached hydrogen (secondary N) is 1. The minimum Gasteiger partial charge on any atom is -0.463 e. The molecule has 0 aliphatic heterocycles. The molecule has 7 nitrogen and oxygen atoms in total. The van der Waals surface area contributed by atoms with Crippen molar-refractivity contribution >= 4 is 45.3 Å². The van der Waals surface area contributed by atoms with Crippen LogP contribution in [-0.4, -0.2) is 44.8 Å². The van der Waals surface area contributed by atoms with Gasteiger partial charge in [-0.25, -0.2) is 13.2 Å². The summed E-state index contributed by atoms with van der Waals surface area (Å²) >= 11 is 5.78. The van der Waals surface area contributed by atoms with Crippen molar-refractivity contribution < 1.29 is 22.7 Å². The number of halogens is 1. The van der Waals surface area contributed by atoms with Crippen LogP contribution in [0.5, 0.6) is 0 Å². The quantitative estimate of drug-likeness (QED) is 0.506. The summed E-state index contributed by atoms with van der Waals surface area (Å²) < 4.78 is 30.8. The van der Waals surface area contributed by atoms with Crippen LogP contribution in [0.4, 0.5) is 5.69 Å². The van der Waals surface area contributed by atoms with Gasteiger partial charge in [-0.05, 0) is 55.0 Å². The van der Waals surface area contributed by atoms with E-state index >= 15 is 0 Å². The average molecular weight is 437 g/mol. The molecule has 0 radical (unpaired) electrons. The van der Waals surface area contributed by atoms with Crippen molar-refractivity contribution in [1.29, 1.82) is 0 Å². The Morgan fingerprint density at radius 2 is 1.72 bits per heavy atom. The molecule has 0 saturated heterocycles. The van der Waals surface area contributed by atoms with Crippen LogP contribution >= 0.6 is 11.6 Å². The van der Waals surface area contributed by atoms with E-state index < -0.39 is 21.9 Å². The molecule has 9 heteroatoms. The minimum absolute atomic E-state index is 0.0509. The number of ether oxygens (including phenoxy) is 1. The lowest BCUT2D eigenvalue weighted by Gasteiger charge is -2.17. The first-order valence-electron chi connectivity index (χ1n) is 8.69. The van der Waals surface area contributed by atoms with Crippen molar-refractivity contribution in [3.63, 3.8) is 0 Å². The summed E-state index contributed by atoms with van der Waals surface area (Å²) in [5, 5.41) is 3.06. The van der Waals surface area contributed by atoms with Crippen LogP contribution in [0.1, 0.15) is 12.5 Å². The standard InChI is InChI=1S/C20H21ClN2O5S/c1-3-28-20(25)13-6-15-4-9-17(10-5-15)22-19(24)14-23(2)29(26,27)18-11-7-16(21)8-12-18/h4-13H,3,14H2,1-2H3,(H,22,24)/b13-6+. The molecule has 0 unspecified atom stereocenters. The Morgan fingerprint density at radius 1 is 1.10 bits per heavy atom. The smallest absolute Gasteiger partial charge is 0.330 e. The van der Waals surface area contributed by atoms with E-state index in [0.29, 0.717) is 17.3 Å². The molecule has 1 N–H and O–H groups in total. The first kappa shape index (κ1) is 22.6. The number of amides is 1. The maximum Gasteiger partial charge on any atom is 0.330 e. The Labute approximate surface area is 175 Å². The van der Waals surface area contributed by atoms with Crippen LogP contribution in [0.25, 0.3) is 6.08 Å². The van der Waals surface area contributed by atoms with E-state index in [9.17, 15) is 18.0 Å². The number of likely N-dealkylation sites (N-methyl/N-ethyl adjacent to an activating group) is 1. The zero-order valence-electron chi connectivity index (χ0n) is 16.0. The normalized spacial score (nSPS) is 11.6. The fourth-order valence-corrected chi connectivity index (χ4v) is 3.56. The number of carbonyl (C=O) groups is 2. The summed E-state index contributed by atoms with van der Waals surface area (Å²) in [5.74, 6) is -0.922. The Morgan fingerprint density at radius 3 is 2.31 bits per heavy atom. The molecule has 29 heavy (non-hydrogen) atoms. The lowest BCUT2D eigenvalue weighted by Crippen LogP contribution is -2.34. The lowest BCUT2D eigenvalue weighted by atomic mass is 10.2. The Kier molecular flexibility index (Phi) is 7.95. The predicted molar refractivity (Wildman–Crippen MR) is 112 cm³/mol. The fraction of sp³-hybridized carbons (Fsp3) is 0.200. The van der Waals surface area contributed by atoms with E-state index in [1.165, 1.54) is 37.4 Å². The van der Waals surface area contributed by atoms with Gasteiger partial charge in [0, 0.05) is 23.8 Å². The predicted octanol–water partition coefficient (Wildman–Crippen LogP) is 3.18. The molecule has 1 amide bonds. The summed E-state index contributed by atoms with van der Waals surface area (Å²) in [7, 11) is -2.48. The number of rotatable bonds is 8. The summed E-state index contributed by atoms with van der Waals surface area (Å²) in [5.41, 5.74) is 1.25. The molecule has 0 spiro atoms. The van der Waals surface area contributed by atoms with Crippen LogP contribution in [0.3, 0.4) is 0 Å². The van der Waals surface area contributed by atoms with Gasteiger partial charge in [-0.1, -0.05) is 23.7 Å². The number of esters is 1. The third kappa shape index (κ3) is 6.70. The second-order valence-electron chi connectivity index (χ2n) is 5.97. The monoisotopic (exact) mass is 436 g/mol. The summed E-state index contributed by atoms with van der Waals surface area (Å²) in [6.07, 6.45) is 2.91. The molecule has 0 bridgehead atoms. The first-order valence-corrected chi connectivity index (χ1v) is 10.5. The van der Waals surface area contributed by atoms with Crippen molar-refractivity contribution in [2.45, 2.75) is 11.8 Å². The molecule has 0 aliphatic rings. The number of hydrogen-bond donors (Lipinski definition) is 1. The number of hydrogen-bond acceptors (Lipinski definition) is 5. The summed E-state index contributed by atoms with van der Waals surface area (Å²) in [6, 6.07) is 12.4. The summed E-state index contributed by atoms with van der Waals surface area (Å²) in [4.78, 5) is 23.6. The molecular formula is C20H21ClN2O5S. The highest BCUT2D eigenvalue weighted by molar-refractivity contribution is 7.89. The van der Waals surface area contributed by atoms with Crippen LogP contribution in [0.15, 0.2) is 59.5 Å². The zero-order valence-corrected chi connectivity index (χ0v) is 17.5. The van der Waals surface area contributed by atoms with E-state index in [1.807, 2.05) is 0 Å². The van der Waals surface area contributed by atoms with E-state index in [-0.39, 0.29) is 11.4 Å². The van der Waals surface area contributed by atoms with E-state index in [4.69, 9.17) is 16.3 Å². The van der Waals surface area contributed by atoms with Crippen molar-refractivity contribution in [1.82, 2.24) is 4.31 Å². The van der Waals surface area contributed by atoms with Gasteiger partial charge < -0.3 is 10.1 Å². The van der Waals surface area contributed by atoms with Crippen LogP contribution in [0.2, 0.25) is 5.02 Å². The maximum absolute atomic E-state index is 12.5. The average Bonchev–Trinajstić information content (AvgIpc) is 2.68. The molecule has 154 valence electrons. The van der Waals surface area contributed by atoms with Crippen molar-refractivity contribution in [2.24, 2.45) is 0 Å². The molecule has 0 aromatic heterocycles. The topological polar surface area (TPSA) is 92.8 Å². The van der Waals surface area contributed by atoms with Gasteiger partial charge >= 0.3 is 5.97 Å². The molecule has 2 aromatic carbocycles. The van der Waals surface area contributed by atoms with Gasteiger partial charge in [-0.15, -0.1) is 0 Å². The van der Waals surface area contributed by atoms with Gasteiger partial charge in [0.1, 0.15) is 0 Å². The Hall–Kier alpha value is -2.68. The van der Waals surface area contributed by atoms with Gasteiger partial charge in [-0.3, -0.25) is 4.79 Å². The van der Waals surface area contributed by atoms with Crippen LogP contribution in [0, 0.1) is 0 Å². The second-order valence-corrected chi connectivity index (χ2v) is 8.45. The molecule has 2 aromatic rings. The molecule has 0 fully saturated rings. The molecular weight excluding hydrogens is 416 g/mol. The lowest BCUT2D eigenvalue weighted by molar-refractivity contribution is -0.137. The number of sulfonamides is 1. The van der Waals surface area contributed by atoms with Crippen LogP contribution in [-0.2, 0) is 24.3 Å². The fourth-order valence-electron chi connectivity index (χ4n) is 2.31. The van der Waals surface area contributed by atoms with Gasteiger partial charge in [-0.2, -0.15) is 4.31 Å². The highest BCUT2D eigenvalue weighted by Crippen LogP contribution is 2.17. The third-order valence-electron chi connectivity index (χ3n) is 3.78. The second kappa shape index (κ2) is 10.2. The van der Waals surface area contributed by atoms with Crippen molar-refractivity contribution in [3.8, 4) is 0 Å². The Bertz CT molecular complexity index is 987. The first-order chi connectivity index (χ1) is 13.7. The molecule has 0 saturated carbocycles. The molecule has 0 atom stereocenters. The number of carbonyl (C=O) groups excluding carboxylic acids is 2. The maximum atomic E-state index is 12.5. The van der Waals surface area contributed by atoms with E-state index in [0.717, 1.165) is 9.87 Å². The molecule has 0 heterocycles. The van der Waals surface area contributed by atoms with Crippen LogP contribution < -0.4 is 5.32 Å². The van der Waals surface area contributed by atoms with Gasteiger partial charge in [0.25, 0.3) is 0 Å². The van der Waals surface area contributed by atoms with Gasteiger partial charge in [0.2, 0.25) is 15.9 Å². The van der Waals surface area contributed by atoms with E-state index in [1.54, 1.807) is 37.3 Å². The Balaban J connectivity index is 1.96. The zero-order chi connectivity index (χ0) is 21.4. The van der Waals surface area contributed by atoms with Crippen molar-refractivity contribution in [2.75, 3.05) is 25.5 Å². The van der Waals surface area contributed by atoms with Crippen molar-refractivity contribution in [3.05, 3.63) is 65.2 Å². The molecule has 2 rings (SSSR count). The van der Waals surface area contributed by atoms with E-state index in [2.05, 4.69) is 5.32 Å². The highest BCUT2D eigenvalue weighted by Gasteiger charge is 2.22. The third-order valence-corrected chi connectivity index (χ3v) is 5.85. The SMILES string of the molecule is CCOC(=O)/C=C/c1ccc(NC(=O)CN(C)S(=O)(=O)c2ccc(Cl)cc2)cc1. The largest absolute Gasteiger partial charge is 0.463 e. The highest BCUT2D eigenvalue weighted by atomic mass is 35.5. The minimum atomic E-state index is -3.81. The van der Waals surface area contributed by atoms with Gasteiger partial charge in [0.05, 0.1) is 18.0 Å².